The zero-order valence-corrected chi connectivity index (χ0v) is 28.7. The molecule has 6 aromatic rings. The Balaban J connectivity index is 0.882. The smallest absolute Gasteiger partial charge is 0.187 e. The van der Waals surface area contributed by atoms with Crippen molar-refractivity contribution in [3.63, 3.8) is 0 Å². The molecule has 0 unspecified atom stereocenters. The van der Waals surface area contributed by atoms with Gasteiger partial charge in [-0.1, -0.05) is 135 Å². The molecule has 0 radical (unpaired) electrons. The standard InChI is InChI=1S/C47H40F2N2/c1-51-43-16-10-15-42(32-43)38-21-25-40(26-22-38)45-28-18-35(31-47(45)49)12-8-6-4-2-3-5-7-11-34-17-27-44(46(48)30-34)39-23-19-37(20-24-39)41-14-9-13-36(29-41)33-50/h9-10,13-32H,2-8,11-12H2. The van der Waals surface area contributed by atoms with Gasteiger partial charge in [0.25, 0.3) is 0 Å². The molecule has 2 nitrogen and oxygen atoms in total. The second kappa shape index (κ2) is 17.2. The maximum absolute atomic E-state index is 15.1. The molecule has 51 heavy (non-hydrogen) atoms. The molecule has 0 bridgehead atoms. The summed E-state index contributed by atoms with van der Waals surface area (Å²) in [5.41, 5.74) is 10.1. The molecule has 0 aliphatic heterocycles. The van der Waals surface area contributed by atoms with Crippen LogP contribution in [0.25, 0.3) is 49.4 Å². The third kappa shape index (κ3) is 9.24. The quantitative estimate of drug-likeness (QED) is 0.0837. The van der Waals surface area contributed by atoms with Crippen molar-refractivity contribution in [1.29, 1.82) is 5.26 Å². The summed E-state index contributed by atoms with van der Waals surface area (Å²) in [6, 6.07) is 44.0. The van der Waals surface area contributed by atoms with Gasteiger partial charge >= 0.3 is 0 Å². The van der Waals surface area contributed by atoms with Crippen LogP contribution in [-0.2, 0) is 12.8 Å². The maximum atomic E-state index is 15.1. The minimum absolute atomic E-state index is 0.195. The van der Waals surface area contributed by atoms with Crippen molar-refractivity contribution < 1.29 is 8.78 Å². The van der Waals surface area contributed by atoms with Crippen LogP contribution < -0.4 is 0 Å². The van der Waals surface area contributed by atoms with Gasteiger partial charge in [0, 0.05) is 11.1 Å². The van der Waals surface area contributed by atoms with Crippen LogP contribution in [0.5, 0.6) is 0 Å². The summed E-state index contributed by atoms with van der Waals surface area (Å²) in [6.45, 7) is 7.23. The molecule has 6 rings (SSSR count). The molecule has 0 aliphatic carbocycles. The number of unbranched alkanes of at least 4 members (excludes halogenated alkanes) is 6. The third-order valence-corrected chi connectivity index (χ3v) is 9.52. The predicted octanol–water partition coefficient (Wildman–Crippen LogP) is 13.6. The fourth-order valence-electron chi connectivity index (χ4n) is 6.65. The molecule has 0 aliphatic rings. The lowest BCUT2D eigenvalue weighted by Crippen LogP contribution is -1.92. The average molecular weight is 671 g/mol. The first-order chi connectivity index (χ1) is 25.0. The second-order valence-corrected chi connectivity index (χ2v) is 13.1. The zero-order chi connectivity index (χ0) is 35.4. The minimum Gasteiger partial charge on any atom is -0.238 e. The average Bonchev–Trinajstić information content (AvgIpc) is 3.17. The summed E-state index contributed by atoms with van der Waals surface area (Å²) in [5.74, 6) is -0.393. The Hall–Kier alpha value is -5.84. The monoisotopic (exact) mass is 670 g/mol. The number of halogens is 2. The Morgan fingerprint density at radius 3 is 1.39 bits per heavy atom. The van der Waals surface area contributed by atoms with E-state index < -0.39 is 0 Å². The van der Waals surface area contributed by atoms with E-state index in [0.29, 0.717) is 22.4 Å². The van der Waals surface area contributed by atoms with Crippen molar-refractivity contribution in [3.8, 4) is 50.6 Å². The van der Waals surface area contributed by atoms with E-state index in [1.165, 1.54) is 6.42 Å². The molecule has 0 fully saturated rings. The Kier molecular flexibility index (Phi) is 11.8. The van der Waals surface area contributed by atoms with E-state index in [4.69, 9.17) is 6.57 Å². The van der Waals surface area contributed by atoms with Crippen LogP contribution in [0, 0.1) is 29.5 Å². The van der Waals surface area contributed by atoms with E-state index >= 15 is 8.78 Å². The number of hydrogen-bond donors (Lipinski definition) is 0. The predicted molar refractivity (Wildman–Crippen MR) is 205 cm³/mol. The third-order valence-electron chi connectivity index (χ3n) is 9.52. The topological polar surface area (TPSA) is 28.1 Å². The van der Waals surface area contributed by atoms with Crippen LogP contribution in [0.2, 0.25) is 0 Å². The first-order valence-electron chi connectivity index (χ1n) is 17.8. The van der Waals surface area contributed by atoms with Gasteiger partial charge in [0.15, 0.2) is 5.69 Å². The fraction of sp³-hybridized carbons (Fsp3) is 0.191. The summed E-state index contributed by atoms with van der Waals surface area (Å²) in [6.07, 6.45) is 9.57. The summed E-state index contributed by atoms with van der Waals surface area (Å²) in [4.78, 5) is 3.50. The number of benzene rings is 6. The van der Waals surface area contributed by atoms with Crippen LogP contribution >= 0.6 is 0 Å². The molecule has 0 N–H and O–H groups in total. The molecule has 0 atom stereocenters. The summed E-state index contributed by atoms with van der Waals surface area (Å²) < 4.78 is 30.1. The van der Waals surface area contributed by atoms with Crippen LogP contribution in [0.3, 0.4) is 0 Å². The van der Waals surface area contributed by atoms with Crippen molar-refractivity contribution >= 4 is 5.69 Å². The first kappa shape index (κ1) is 35.0. The van der Waals surface area contributed by atoms with Gasteiger partial charge in [0.05, 0.1) is 18.2 Å². The van der Waals surface area contributed by atoms with E-state index in [0.717, 1.165) is 95.9 Å². The molecule has 6 aromatic carbocycles. The summed E-state index contributed by atoms with van der Waals surface area (Å²) in [7, 11) is 0. The van der Waals surface area contributed by atoms with Gasteiger partial charge in [0.2, 0.25) is 0 Å². The first-order valence-corrected chi connectivity index (χ1v) is 17.8. The van der Waals surface area contributed by atoms with Gasteiger partial charge in [-0.2, -0.15) is 5.26 Å². The Bertz CT molecular complexity index is 2010. The van der Waals surface area contributed by atoms with E-state index in [2.05, 4.69) is 10.9 Å². The zero-order valence-electron chi connectivity index (χ0n) is 28.7. The van der Waals surface area contributed by atoms with Crippen molar-refractivity contribution in [2.24, 2.45) is 0 Å². The van der Waals surface area contributed by atoms with E-state index in [1.54, 1.807) is 24.3 Å². The molecule has 0 saturated carbocycles. The summed E-state index contributed by atoms with van der Waals surface area (Å²) in [5, 5.41) is 9.17. The Morgan fingerprint density at radius 2 is 0.922 bits per heavy atom. The highest BCUT2D eigenvalue weighted by Gasteiger charge is 2.10. The number of nitrogens with zero attached hydrogens (tertiary/aromatic N) is 2. The van der Waals surface area contributed by atoms with Gasteiger partial charge in [-0.15, -0.1) is 0 Å². The van der Waals surface area contributed by atoms with E-state index in [-0.39, 0.29) is 11.6 Å². The van der Waals surface area contributed by atoms with Crippen LogP contribution in [0.4, 0.5) is 14.5 Å². The number of rotatable bonds is 14. The van der Waals surface area contributed by atoms with Gasteiger partial charge in [-0.25, -0.2) is 13.6 Å². The highest BCUT2D eigenvalue weighted by Crippen LogP contribution is 2.30. The van der Waals surface area contributed by atoms with Crippen LogP contribution in [0.15, 0.2) is 133 Å². The van der Waals surface area contributed by atoms with E-state index in [1.807, 2.05) is 109 Å². The lowest BCUT2D eigenvalue weighted by atomic mass is 9.97. The fourth-order valence-corrected chi connectivity index (χ4v) is 6.65. The highest BCUT2D eigenvalue weighted by molar-refractivity contribution is 5.74. The largest absolute Gasteiger partial charge is 0.238 e. The lowest BCUT2D eigenvalue weighted by molar-refractivity contribution is 0.576. The molecular weight excluding hydrogens is 631 g/mol. The molecule has 0 spiro atoms. The Morgan fingerprint density at radius 1 is 0.471 bits per heavy atom. The lowest BCUT2D eigenvalue weighted by Gasteiger charge is -2.09. The highest BCUT2D eigenvalue weighted by atomic mass is 19.1. The van der Waals surface area contributed by atoms with Crippen molar-refractivity contribution in [2.75, 3.05) is 0 Å². The molecule has 0 heterocycles. The minimum atomic E-state index is -0.198. The van der Waals surface area contributed by atoms with Crippen LogP contribution in [0.1, 0.15) is 61.6 Å². The summed E-state index contributed by atoms with van der Waals surface area (Å²) >= 11 is 0. The normalized spacial score (nSPS) is 10.8. The van der Waals surface area contributed by atoms with Gasteiger partial charge < -0.3 is 0 Å². The molecule has 0 saturated heterocycles. The molecular formula is C47H40F2N2. The second-order valence-electron chi connectivity index (χ2n) is 13.1. The number of aryl methyl sites for hydroxylation is 2. The Labute approximate surface area is 300 Å². The molecule has 252 valence electrons. The van der Waals surface area contributed by atoms with E-state index in [9.17, 15) is 5.26 Å². The molecule has 0 amide bonds. The van der Waals surface area contributed by atoms with Crippen LogP contribution in [-0.4, -0.2) is 0 Å². The molecule has 4 heteroatoms. The van der Waals surface area contributed by atoms with Crippen molar-refractivity contribution in [3.05, 3.63) is 173 Å². The van der Waals surface area contributed by atoms with Gasteiger partial charge in [-0.05, 0) is 101 Å². The van der Waals surface area contributed by atoms with Crippen molar-refractivity contribution in [1.82, 2.24) is 0 Å². The number of hydrogen-bond acceptors (Lipinski definition) is 1. The van der Waals surface area contributed by atoms with Gasteiger partial charge in [-0.3, -0.25) is 0 Å². The maximum Gasteiger partial charge on any atom is 0.187 e. The molecule has 0 aromatic heterocycles. The van der Waals surface area contributed by atoms with Gasteiger partial charge in [0.1, 0.15) is 11.6 Å². The SMILES string of the molecule is [C-]#[N+]c1cccc(-c2ccc(-c3ccc(CCCCCCCCCc4ccc(-c5ccc(-c6cccc(C#N)c6)cc5)c(F)c4)cc3F)cc2)c1. The number of nitriles is 1. The van der Waals surface area contributed by atoms with Crippen molar-refractivity contribution in [2.45, 2.75) is 57.8 Å².